The quantitative estimate of drug-likeness (QED) is 0.495. The number of methoxy groups -OCH3 is 3. The zero-order valence-electron chi connectivity index (χ0n) is 19.5. The molecular weight excluding hydrogens is 432 g/mol. The number of hydrogen-bond donors (Lipinski definition) is 1. The van der Waals surface area contributed by atoms with Crippen molar-refractivity contribution in [2.45, 2.75) is 13.3 Å². The zero-order valence-corrected chi connectivity index (χ0v) is 19.5. The van der Waals surface area contributed by atoms with Crippen LogP contribution in [0.15, 0.2) is 72.4 Å². The Morgan fingerprint density at radius 2 is 1.44 bits per heavy atom. The van der Waals surface area contributed by atoms with E-state index in [2.05, 4.69) is 5.32 Å². The lowest BCUT2D eigenvalue weighted by atomic mass is 10.0. The van der Waals surface area contributed by atoms with E-state index >= 15 is 0 Å². The first kappa shape index (κ1) is 22.9. The minimum absolute atomic E-state index is 0.154. The standard InChI is InChI=1S/C27H26N2O5/c1-5-17-10-13-19(14-11-17)29-26(30)24(20-8-6-7-9-21(20)32-2)25(27(29)31)28-18-12-15-22(33-3)23(16-18)34-4/h6-16,28H,5H2,1-4H3. The average molecular weight is 459 g/mol. The van der Waals surface area contributed by atoms with Crippen LogP contribution in [-0.4, -0.2) is 33.1 Å². The summed E-state index contributed by atoms with van der Waals surface area (Å²) in [7, 11) is 4.62. The Labute approximate surface area is 198 Å². The fourth-order valence-electron chi connectivity index (χ4n) is 3.92. The van der Waals surface area contributed by atoms with E-state index in [0.29, 0.717) is 34.2 Å². The zero-order chi connectivity index (χ0) is 24.2. The van der Waals surface area contributed by atoms with Crippen LogP contribution in [0.2, 0.25) is 0 Å². The largest absolute Gasteiger partial charge is 0.496 e. The number of amides is 2. The normalized spacial score (nSPS) is 13.4. The van der Waals surface area contributed by atoms with Gasteiger partial charge >= 0.3 is 0 Å². The summed E-state index contributed by atoms with van der Waals surface area (Å²) in [5, 5.41) is 3.15. The molecule has 0 atom stereocenters. The molecule has 7 nitrogen and oxygen atoms in total. The summed E-state index contributed by atoms with van der Waals surface area (Å²) in [5.41, 5.74) is 3.11. The summed E-state index contributed by atoms with van der Waals surface area (Å²) < 4.78 is 16.2. The summed E-state index contributed by atoms with van der Waals surface area (Å²) in [6.07, 6.45) is 0.860. The van der Waals surface area contributed by atoms with E-state index in [4.69, 9.17) is 14.2 Å². The number of nitrogens with one attached hydrogen (secondary N) is 1. The first-order chi connectivity index (χ1) is 16.5. The van der Waals surface area contributed by atoms with Crippen LogP contribution in [0.1, 0.15) is 18.1 Å². The monoisotopic (exact) mass is 458 g/mol. The molecule has 2 amide bonds. The SMILES string of the molecule is CCc1ccc(N2C(=O)C(Nc3ccc(OC)c(OC)c3)=C(c3ccccc3OC)C2=O)cc1. The van der Waals surface area contributed by atoms with E-state index in [9.17, 15) is 9.59 Å². The molecule has 0 saturated carbocycles. The van der Waals surface area contributed by atoms with Gasteiger partial charge in [-0.1, -0.05) is 37.3 Å². The highest BCUT2D eigenvalue weighted by Crippen LogP contribution is 2.38. The van der Waals surface area contributed by atoms with Crippen LogP contribution < -0.4 is 24.4 Å². The Bertz CT molecular complexity index is 1260. The molecule has 3 aromatic rings. The molecule has 1 aliphatic rings. The van der Waals surface area contributed by atoms with Gasteiger partial charge in [0.25, 0.3) is 11.8 Å². The summed E-state index contributed by atoms with van der Waals surface area (Å²) >= 11 is 0. The lowest BCUT2D eigenvalue weighted by Crippen LogP contribution is -2.32. The molecule has 0 bridgehead atoms. The van der Waals surface area contributed by atoms with Gasteiger partial charge in [0.2, 0.25) is 0 Å². The predicted octanol–water partition coefficient (Wildman–Crippen LogP) is 4.67. The highest BCUT2D eigenvalue weighted by Gasteiger charge is 2.41. The van der Waals surface area contributed by atoms with Crippen LogP contribution in [0, 0.1) is 0 Å². The smallest absolute Gasteiger partial charge is 0.282 e. The van der Waals surface area contributed by atoms with E-state index < -0.39 is 11.8 Å². The van der Waals surface area contributed by atoms with Crippen molar-refractivity contribution < 1.29 is 23.8 Å². The molecule has 3 aromatic carbocycles. The van der Waals surface area contributed by atoms with Gasteiger partial charge in [-0.05, 0) is 42.3 Å². The second-order valence-corrected chi connectivity index (χ2v) is 7.61. The topological polar surface area (TPSA) is 77.1 Å². The molecule has 4 rings (SSSR count). The van der Waals surface area contributed by atoms with Crippen LogP contribution in [0.4, 0.5) is 11.4 Å². The van der Waals surface area contributed by atoms with E-state index in [1.165, 1.54) is 19.1 Å². The maximum absolute atomic E-state index is 13.7. The number of rotatable bonds is 8. The van der Waals surface area contributed by atoms with Crippen LogP contribution in [0.5, 0.6) is 17.2 Å². The number of ether oxygens (including phenoxy) is 3. The third-order valence-electron chi connectivity index (χ3n) is 5.72. The number of nitrogens with zero attached hydrogens (tertiary/aromatic N) is 1. The Hall–Kier alpha value is -4.26. The third kappa shape index (κ3) is 4.08. The molecule has 1 heterocycles. The van der Waals surface area contributed by atoms with Crippen molar-refractivity contribution in [1.29, 1.82) is 0 Å². The number of imide groups is 1. The predicted molar refractivity (Wildman–Crippen MR) is 131 cm³/mol. The minimum Gasteiger partial charge on any atom is -0.496 e. The molecule has 0 fully saturated rings. The van der Waals surface area contributed by atoms with E-state index in [1.54, 1.807) is 55.6 Å². The van der Waals surface area contributed by atoms with Gasteiger partial charge in [-0.25, -0.2) is 4.90 Å². The van der Waals surface area contributed by atoms with Crippen LogP contribution >= 0.6 is 0 Å². The number of carbonyl (C=O) groups excluding carboxylic acids is 2. The maximum Gasteiger partial charge on any atom is 0.282 e. The summed E-state index contributed by atoms with van der Waals surface area (Å²) in [4.78, 5) is 28.5. The van der Waals surface area contributed by atoms with Crippen molar-refractivity contribution in [1.82, 2.24) is 0 Å². The van der Waals surface area contributed by atoms with E-state index in [1.807, 2.05) is 25.1 Å². The first-order valence-electron chi connectivity index (χ1n) is 10.9. The number of anilines is 2. The molecule has 7 heteroatoms. The van der Waals surface area contributed by atoms with Crippen molar-refractivity contribution in [2.24, 2.45) is 0 Å². The molecule has 0 aromatic heterocycles. The summed E-state index contributed by atoms with van der Waals surface area (Å²) in [6, 6.07) is 19.7. The Morgan fingerprint density at radius 1 is 0.765 bits per heavy atom. The Balaban J connectivity index is 1.83. The molecule has 174 valence electrons. The van der Waals surface area contributed by atoms with Gasteiger partial charge in [-0.15, -0.1) is 0 Å². The number of para-hydroxylation sites is 1. The van der Waals surface area contributed by atoms with E-state index in [0.717, 1.165) is 12.0 Å². The van der Waals surface area contributed by atoms with Gasteiger partial charge in [0.05, 0.1) is 32.6 Å². The lowest BCUT2D eigenvalue weighted by molar-refractivity contribution is -0.120. The minimum atomic E-state index is -0.454. The fourth-order valence-corrected chi connectivity index (χ4v) is 3.92. The number of aryl methyl sites for hydroxylation is 1. The van der Waals surface area contributed by atoms with E-state index in [-0.39, 0.29) is 11.3 Å². The third-order valence-corrected chi connectivity index (χ3v) is 5.72. The molecule has 1 N–H and O–H groups in total. The van der Waals surface area contributed by atoms with Crippen molar-refractivity contribution in [2.75, 3.05) is 31.5 Å². The Kier molecular flexibility index (Phi) is 6.54. The van der Waals surface area contributed by atoms with Crippen LogP contribution in [0.3, 0.4) is 0 Å². The molecule has 0 aliphatic carbocycles. The lowest BCUT2D eigenvalue weighted by Gasteiger charge is -2.16. The Morgan fingerprint density at radius 3 is 2.09 bits per heavy atom. The number of benzene rings is 3. The van der Waals surface area contributed by atoms with Gasteiger partial charge in [-0.2, -0.15) is 0 Å². The van der Waals surface area contributed by atoms with Gasteiger partial charge in [0.15, 0.2) is 11.5 Å². The van der Waals surface area contributed by atoms with Crippen LogP contribution in [-0.2, 0) is 16.0 Å². The molecule has 0 saturated heterocycles. The second kappa shape index (κ2) is 9.70. The van der Waals surface area contributed by atoms with Crippen LogP contribution in [0.25, 0.3) is 5.57 Å². The van der Waals surface area contributed by atoms with Gasteiger partial charge < -0.3 is 19.5 Å². The number of carbonyl (C=O) groups is 2. The number of hydrogen-bond acceptors (Lipinski definition) is 6. The molecule has 0 spiro atoms. The van der Waals surface area contributed by atoms with Gasteiger partial charge in [-0.3, -0.25) is 9.59 Å². The van der Waals surface area contributed by atoms with Gasteiger partial charge in [0.1, 0.15) is 11.4 Å². The molecular formula is C27H26N2O5. The first-order valence-corrected chi connectivity index (χ1v) is 10.9. The fraction of sp³-hybridized carbons (Fsp3) is 0.185. The van der Waals surface area contributed by atoms with Gasteiger partial charge in [0, 0.05) is 17.3 Å². The molecule has 0 radical (unpaired) electrons. The average Bonchev–Trinajstić information content (AvgIpc) is 3.12. The van der Waals surface area contributed by atoms with Crippen molar-refractivity contribution >= 4 is 28.8 Å². The van der Waals surface area contributed by atoms with Crippen molar-refractivity contribution in [3.8, 4) is 17.2 Å². The highest BCUT2D eigenvalue weighted by atomic mass is 16.5. The summed E-state index contributed by atoms with van der Waals surface area (Å²) in [5.74, 6) is 0.661. The summed E-state index contributed by atoms with van der Waals surface area (Å²) in [6.45, 7) is 2.05. The van der Waals surface area contributed by atoms with Crippen molar-refractivity contribution in [3.63, 3.8) is 0 Å². The molecule has 0 unspecified atom stereocenters. The van der Waals surface area contributed by atoms with Crippen molar-refractivity contribution in [3.05, 3.63) is 83.6 Å². The molecule has 34 heavy (non-hydrogen) atoms. The second-order valence-electron chi connectivity index (χ2n) is 7.61. The highest BCUT2D eigenvalue weighted by molar-refractivity contribution is 6.46. The molecule has 1 aliphatic heterocycles. The maximum atomic E-state index is 13.7.